The van der Waals surface area contributed by atoms with Gasteiger partial charge in [-0.1, -0.05) is 62.7 Å². The summed E-state index contributed by atoms with van der Waals surface area (Å²) in [7, 11) is 0. The number of aromatic nitrogens is 3. The van der Waals surface area contributed by atoms with Crippen molar-refractivity contribution in [3.63, 3.8) is 0 Å². The van der Waals surface area contributed by atoms with Gasteiger partial charge in [0.05, 0.1) is 22.4 Å². The average molecular weight is 578 g/mol. The van der Waals surface area contributed by atoms with Gasteiger partial charge in [-0.05, 0) is 35.9 Å². The summed E-state index contributed by atoms with van der Waals surface area (Å²) in [6.07, 6.45) is 3.34. The third-order valence-corrected chi connectivity index (χ3v) is 8.03. The standard InChI is InChI=1S/C30H29ClFN5O2S/c1-30(2,3)28-26-27(22-11-4-5-12-23(22)32)40-18-25(39)36(17-24(38)34-16-19-8-7-13-33-15-19)29(26)37(35-28)21-10-6-9-20(31)14-21/h4-15,27H,16-18H2,1-3H3,(H,34,38)/t27-/m0/s1. The molecule has 5 rings (SSSR count). The molecule has 1 aliphatic heterocycles. The number of carbonyl (C=O) groups is 2. The Bertz CT molecular complexity index is 1550. The number of nitrogens with one attached hydrogen (secondary N) is 1. The van der Waals surface area contributed by atoms with Crippen molar-refractivity contribution < 1.29 is 14.0 Å². The second-order valence-electron chi connectivity index (χ2n) is 10.6. The molecular weight excluding hydrogens is 549 g/mol. The van der Waals surface area contributed by atoms with Gasteiger partial charge in [0.2, 0.25) is 11.8 Å². The molecule has 0 unspecified atom stereocenters. The molecule has 2 aromatic heterocycles. The summed E-state index contributed by atoms with van der Waals surface area (Å²) in [6.45, 7) is 6.12. The van der Waals surface area contributed by atoms with E-state index in [1.54, 1.807) is 59.5 Å². The molecule has 0 fully saturated rings. The average Bonchev–Trinajstić information content (AvgIpc) is 3.27. The normalized spacial score (nSPS) is 15.5. The van der Waals surface area contributed by atoms with Crippen LogP contribution in [-0.4, -0.2) is 38.9 Å². The molecule has 0 aliphatic carbocycles. The van der Waals surface area contributed by atoms with Crippen molar-refractivity contribution in [1.29, 1.82) is 0 Å². The summed E-state index contributed by atoms with van der Waals surface area (Å²) in [5.74, 6) is -0.481. The molecule has 10 heteroatoms. The predicted molar refractivity (Wildman–Crippen MR) is 156 cm³/mol. The lowest BCUT2D eigenvalue weighted by atomic mass is 9.87. The van der Waals surface area contributed by atoms with Crippen LogP contribution in [0.25, 0.3) is 5.69 Å². The molecular formula is C30H29ClFN5O2S. The molecule has 1 aliphatic rings. The molecule has 206 valence electrons. The van der Waals surface area contributed by atoms with Gasteiger partial charge in [0.25, 0.3) is 0 Å². The van der Waals surface area contributed by atoms with Gasteiger partial charge < -0.3 is 5.32 Å². The van der Waals surface area contributed by atoms with E-state index in [0.29, 0.717) is 33.3 Å². The Kier molecular flexibility index (Phi) is 7.96. The Balaban J connectivity index is 1.67. The Morgan fingerprint density at radius 1 is 1.15 bits per heavy atom. The molecule has 0 bridgehead atoms. The first kappa shape index (κ1) is 27.9. The highest BCUT2D eigenvalue weighted by atomic mass is 35.5. The summed E-state index contributed by atoms with van der Waals surface area (Å²) in [6, 6.07) is 17.4. The third-order valence-electron chi connectivity index (χ3n) is 6.55. The van der Waals surface area contributed by atoms with Gasteiger partial charge >= 0.3 is 0 Å². The highest BCUT2D eigenvalue weighted by Crippen LogP contribution is 2.48. The van der Waals surface area contributed by atoms with Crippen molar-refractivity contribution in [3.05, 3.63) is 106 Å². The second-order valence-corrected chi connectivity index (χ2v) is 12.1. The van der Waals surface area contributed by atoms with Crippen LogP contribution in [0.3, 0.4) is 0 Å². The number of nitrogens with zero attached hydrogens (tertiary/aromatic N) is 4. The zero-order valence-corrected chi connectivity index (χ0v) is 24.0. The Hall–Kier alpha value is -3.69. The number of hydrogen-bond acceptors (Lipinski definition) is 5. The van der Waals surface area contributed by atoms with Crippen LogP contribution in [0.1, 0.15) is 48.4 Å². The van der Waals surface area contributed by atoms with Gasteiger partial charge in [-0.2, -0.15) is 5.10 Å². The van der Waals surface area contributed by atoms with E-state index in [0.717, 1.165) is 5.56 Å². The van der Waals surface area contributed by atoms with E-state index < -0.39 is 10.7 Å². The number of amides is 2. The van der Waals surface area contributed by atoms with Crippen LogP contribution >= 0.6 is 23.4 Å². The molecule has 3 heterocycles. The predicted octanol–water partition coefficient (Wildman–Crippen LogP) is 5.84. The molecule has 0 saturated heterocycles. The molecule has 40 heavy (non-hydrogen) atoms. The number of anilines is 1. The van der Waals surface area contributed by atoms with Crippen LogP contribution in [0.4, 0.5) is 10.2 Å². The number of carbonyl (C=O) groups excluding carboxylic acids is 2. The number of rotatable bonds is 6. The fourth-order valence-electron chi connectivity index (χ4n) is 4.70. The van der Waals surface area contributed by atoms with E-state index >= 15 is 4.39 Å². The molecule has 0 radical (unpaired) electrons. The highest BCUT2D eigenvalue weighted by molar-refractivity contribution is 8.00. The number of thioether (sulfide) groups is 1. The second kappa shape index (κ2) is 11.4. The zero-order valence-electron chi connectivity index (χ0n) is 22.4. The third kappa shape index (κ3) is 5.76. The minimum Gasteiger partial charge on any atom is -0.350 e. The fraction of sp³-hybridized carbons (Fsp3) is 0.267. The van der Waals surface area contributed by atoms with E-state index in [9.17, 15) is 9.59 Å². The van der Waals surface area contributed by atoms with Gasteiger partial charge in [0.1, 0.15) is 18.2 Å². The maximum atomic E-state index is 15.3. The van der Waals surface area contributed by atoms with Gasteiger partial charge in [-0.3, -0.25) is 19.5 Å². The van der Waals surface area contributed by atoms with Gasteiger partial charge in [0, 0.05) is 40.5 Å². The number of hydrogen-bond donors (Lipinski definition) is 1. The molecule has 7 nitrogen and oxygen atoms in total. The van der Waals surface area contributed by atoms with Crippen LogP contribution in [0.15, 0.2) is 73.1 Å². The van der Waals surface area contributed by atoms with Crippen molar-refractivity contribution in [1.82, 2.24) is 20.1 Å². The summed E-state index contributed by atoms with van der Waals surface area (Å²) in [4.78, 5) is 32.5. The van der Waals surface area contributed by atoms with Crippen molar-refractivity contribution >= 4 is 41.0 Å². The summed E-state index contributed by atoms with van der Waals surface area (Å²) in [5.41, 5.74) is 2.88. The van der Waals surface area contributed by atoms with E-state index in [1.165, 1.54) is 22.7 Å². The lowest BCUT2D eigenvalue weighted by molar-refractivity contribution is -0.123. The smallest absolute Gasteiger partial charge is 0.240 e. The number of pyridine rings is 1. The number of fused-ring (bicyclic) bond motifs is 1. The zero-order chi connectivity index (χ0) is 28.4. The molecule has 2 aromatic carbocycles. The quantitative estimate of drug-likeness (QED) is 0.311. The van der Waals surface area contributed by atoms with Gasteiger partial charge in [0.15, 0.2) is 0 Å². The van der Waals surface area contributed by atoms with Gasteiger partial charge in [-0.15, -0.1) is 11.8 Å². The fourth-order valence-corrected chi connectivity index (χ4v) is 6.10. The van der Waals surface area contributed by atoms with Crippen LogP contribution in [0, 0.1) is 5.82 Å². The van der Waals surface area contributed by atoms with Crippen LogP contribution in [0.5, 0.6) is 0 Å². The van der Waals surface area contributed by atoms with E-state index in [4.69, 9.17) is 16.7 Å². The maximum Gasteiger partial charge on any atom is 0.240 e. The molecule has 0 saturated carbocycles. The monoisotopic (exact) mass is 577 g/mol. The molecule has 0 spiro atoms. The molecule has 1 atom stereocenters. The maximum absolute atomic E-state index is 15.3. The Morgan fingerprint density at radius 2 is 1.95 bits per heavy atom. The largest absolute Gasteiger partial charge is 0.350 e. The number of halogens is 2. The van der Waals surface area contributed by atoms with E-state index in [1.807, 2.05) is 32.9 Å². The van der Waals surface area contributed by atoms with E-state index in [-0.39, 0.29) is 36.5 Å². The molecule has 1 N–H and O–H groups in total. The molecule has 2 amide bonds. The highest BCUT2D eigenvalue weighted by Gasteiger charge is 2.40. The van der Waals surface area contributed by atoms with Crippen LogP contribution in [0.2, 0.25) is 5.02 Å². The van der Waals surface area contributed by atoms with Crippen molar-refractivity contribution in [2.24, 2.45) is 0 Å². The lowest BCUT2D eigenvalue weighted by Gasteiger charge is -2.24. The SMILES string of the molecule is CC(C)(C)c1nn(-c2cccc(Cl)c2)c2c1[C@H](c1ccccc1F)SCC(=O)N2CC(=O)NCc1cccnc1. The van der Waals surface area contributed by atoms with Crippen molar-refractivity contribution in [2.45, 2.75) is 38.0 Å². The van der Waals surface area contributed by atoms with Crippen molar-refractivity contribution in [3.8, 4) is 5.69 Å². The first-order valence-electron chi connectivity index (χ1n) is 12.8. The van der Waals surface area contributed by atoms with Crippen LogP contribution < -0.4 is 10.2 Å². The topological polar surface area (TPSA) is 80.1 Å². The lowest BCUT2D eigenvalue weighted by Crippen LogP contribution is -2.42. The van der Waals surface area contributed by atoms with Crippen LogP contribution in [-0.2, 0) is 21.5 Å². The summed E-state index contributed by atoms with van der Waals surface area (Å²) >= 11 is 7.69. The van der Waals surface area contributed by atoms with E-state index in [2.05, 4.69) is 10.3 Å². The minimum atomic E-state index is -0.522. The van der Waals surface area contributed by atoms with Crippen molar-refractivity contribution in [2.75, 3.05) is 17.2 Å². The summed E-state index contributed by atoms with van der Waals surface area (Å²) < 4.78 is 16.9. The number of benzene rings is 2. The Morgan fingerprint density at radius 3 is 2.65 bits per heavy atom. The first-order chi connectivity index (χ1) is 19.1. The molecule has 4 aromatic rings. The Labute approximate surface area is 241 Å². The minimum absolute atomic E-state index is 0.0582. The summed E-state index contributed by atoms with van der Waals surface area (Å²) in [5, 5.41) is 7.86. The van der Waals surface area contributed by atoms with Gasteiger partial charge in [-0.25, -0.2) is 9.07 Å². The first-order valence-corrected chi connectivity index (χ1v) is 14.3.